The summed E-state index contributed by atoms with van der Waals surface area (Å²) in [6.45, 7) is 8.76. The van der Waals surface area contributed by atoms with Crippen LogP contribution in [0.1, 0.15) is 35.1 Å². The zero-order chi connectivity index (χ0) is 30.8. The van der Waals surface area contributed by atoms with Gasteiger partial charge in [-0.15, -0.1) is 0 Å². The monoisotopic (exact) mass is 588 g/mol. The van der Waals surface area contributed by atoms with Gasteiger partial charge in [0.2, 0.25) is 0 Å². The minimum atomic E-state index is 0.869. The molecule has 2 aliphatic heterocycles. The van der Waals surface area contributed by atoms with Crippen LogP contribution in [0.25, 0.3) is 32.7 Å². The average Bonchev–Trinajstić information content (AvgIpc) is 3.91. The summed E-state index contributed by atoms with van der Waals surface area (Å²) < 4.78 is 0. The summed E-state index contributed by atoms with van der Waals surface area (Å²) in [5.74, 6) is 0. The van der Waals surface area contributed by atoms with E-state index in [1.54, 1.807) is 0 Å². The molecule has 2 aliphatic carbocycles. The van der Waals surface area contributed by atoms with Crippen molar-refractivity contribution in [2.45, 2.75) is 25.7 Å². The van der Waals surface area contributed by atoms with Gasteiger partial charge < -0.3 is 0 Å². The molecule has 2 heteroatoms. The van der Waals surface area contributed by atoms with Gasteiger partial charge in [0.05, 0.1) is 11.4 Å². The lowest BCUT2D eigenvalue weighted by molar-refractivity contribution is 1.26. The Morgan fingerprint density at radius 1 is 0.457 bits per heavy atom. The van der Waals surface area contributed by atoms with Gasteiger partial charge in [-0.3, -0.25) is 9.98 Å². The normalized spacial score (nSPS) is 16.4. The van der Waals surface area contributed by atoms with Crippen molar-refractivity contribution in [3.63, 3.8) is 0 Å². The topological polar surface area (TPSA) is 24.7 Å². The first-order valence-corrected chi connectivity index (χ1v) is 16.0. The van der Waals surface area contributed by atoms with Crippen molar-refractivity contribution < 1.29 is 0 Å². The lowest BCUT2D eigenvalue weighted by atomic mass is 9.94. The van der Waals surface area contributed by atoms with E-state index in [1.165, 1.54) is 77.5 Å². The van der Waals surface area contributed by atoms with E-state index >= 15 is 0 Å². The predicted molar refractivity (Wildman–Crippen MR) is 196 cm³/mol. The van der Waals surface area contributed by atoms with Crippen LogP contribution < -0.4 is 0 Å². The van der Waals surface area contributed by atoms with E-state index in [-0.39, 0.29) is 0 Å². The number of hydrogen-bond donors (Lipinski definition) is 0. The van der Waals surface area contributed by atoms with E-state index in [0.717, 1.165) is 48.2 Å². The fourth-order valence-electron chi connectivity index (χ4n) is 7.27. The standard InChI is InChI=1S/C44H32N2/c1-27(29-9-5-3-6-10-29)31-13-15-33(17-31)41-25-39-21-35-19-38-24-44-40(22-36(38)20-37(35)23-43(39)45-41)26-42(46-44)34-16-14-32(18-34)28(2)30-11-7-4-8-12-30/h3-16,19-24H,1-2,17-18,25-26H2. The third-order valence-electron chi connectivity index (χ3n) is 9.91. The fraction of sp³-hybridized carbons (Fsp3) is 0.0909. The number of rotatable bonds is 6. The zero-order valence-electron chi connectivity index (χ0n) is 25.7. The molecule has 0 N–H and O–H groups in total. The molecule has 0 amide bonds. The molecular formula is C44H32N2. The predicted octanol–water partition coefficient (Wildman–Crippen LogP) is 11.2. The Bertz CT molecular complexity index is 2190. The summed E-state index contributed by atoms with van der Waals surface area (Å²) in [7, 11) is 0. The van der Waals surface area contributed by atoms with Crippen LogP contribution in [-0.4, -0.2) is 11.4 Å². The van der Waals surface area contributed by atoms with Gasteiger partial charge in [-0.05, 0) is 126 Å². The summed E-state index contributed by atoms with van der Waals surface area (Å²) in [6, 6.07) is 34.8. The highest BCUT2D eigenvalue weighted by Gasteiger charge is 2.24. The lowest BCUT2D eigenvalue weighted by Gasteiger charge is -2.09. The summed E-state index contributed by atoms with van der Waals surface area (Å²) in [5.41, 5.74) is 16.8. The third kappa shape index (κ3) is 4.57. The molecule has 218 valence electrons. The molecule has 5 aromatic carbocycles. The van der Waals surface area contributed by atoms with E-state index in [4.69, 9.17) is 9.98 Å². The van der Waals surface area contributed by atoms with Crippen LogP contribution >= 0.6 is 0 Å². The number of allylic oxidation sites excluding steroid dienone is 10. The first-order chi connectivity index (χ1) is 22.6. The van der Waals surface area contributed by atoms with E-state index < -0.39 is 0 Å². The highest BCUT2D eigenvalue weighted by molar-refractivity contribution is 6.12. The van der Waals surface area contributed by atoms with Gasteiger partial charge in [-0.25, -0.2) is 0 Å². The van der Waals surface area contributed by atoms with Crippen molar-refractivity contribution in [2.24, 2.45) is 9.98 Å². The maximum Gasteiger partial charge on any atom is 0.0675 e. The third-order valence-corrected chi connectivity index (χ3v) is 9.91. The Kier molecular flexibility index (Phi) is 6.11. The second-order valence-electron chi connectivity index (χ2n) is 12.8. The number of benzene rings is 5. The van der Waals surface area contributed by atoms with Crippen LogP contribution in [0.4, 0.5) is 11.4 Å². The quantitative estimate of drug-likeness (QED) is 0.176. The number of aliphatic imine (C=N–C) groups is 2. The molecule has 0 saturated carbocycles. The van der Waals surface area contributed by atoms with Gasteiger partial charge in [0, 0.05) is 24.3 Å². The van der Waals surface area contributed by atoms with E-state index in [2.05, 4.69) is 122 Å². The van der Waals surface area contributed by atoms with Crippen LogP contribution in [0.5, 0.6) is 0 Å². The molecule has 0 radical (unpaired) electrons. The first kappa shape index (κ1) is 26.8. The average molecular weight is 589 g/mol. The molecule has 0 aromatic heterocycles. The maximum absolute atomic E-state index is 5.13. The molecule has 0 atom stereocenters. The lowest BCUT2D eigenvalue weighted by Crippen LogP contribution is -2.02. The van der Waals surface area contributed by atoms with Gasteiger partial charge in [0.15, 0.2) is 0 Å². The van der Waals surface area contributed by atoms with Crippen LogP contribution in [0.15, 0.2) is 167 Å². The van der Waals surface area contributed by atoms with Gasteiger partial charge in [0.1, 0.15) is 0 Å². The molecule has 0 fully saturated rings. The fourth-order valence-corrected chi connectivity index (χ4v) is 7.27. The highest BCUT2D eigenvalue weighted by atomic mass is 14.8. The second kappa shape index (κ2) is 10.5. The van der Waals surface area contributed by atoms with Crippen LogP contribution in [0, 0.1) is 0 Å². The van der Waals surface area contributed by atoms with Gasteiger partial charge in [-0.2, -0.15) is 0 Å². The SMILES string of the molecule is C=C(C1=CC=C(C2=Nc3cc4cc5cc6c(cc5cc4cc3C2)N=C(C2=CC=C(C(=C)c3ccccc3)C2)C6)C1)c1ccccc1. The summed E-state index contributed by atoms with van der Waals surface area (Å²) >= 11 is 0. The van der Waals surface area contributed by atoms with E-state index in [9.17, 15) is 0 Å². The summed E-state index contributed by atoms with van der Waals surface area (Å²) in [4.78, 5) is 10.3. The summed E-state index contributed by atoms with van der Waals surface area (Å²) in [5, 5.41) is 4.99. The molecule has 0 bridgehead atoms. The van der Waals surface area contributed by atoms with Gasteiger partial charge >= 0.3 is 0 Å². The molecule has 46 heavy (non-hydrogen) atoms. The Labute approximate surface area is 269 Å². The number of nitrogens with zero attached hydrogens (tertiary/aromatic N) is 2. The molecule has 0 unspecified atom stereocenters. The molecule has 2 nitrogen and oxygen atoms in total. The molecule has 5 aromatic rings. The molecular weight excluding hydrogens is 556 g/mol. The maximum atomic E-state index is 5.13. The van der Waals surface area contributed by atoms with E-state index in [0.29, 0.717) is 0 Å². The van der Waals surface area contributed by atoms with Crippen molar-refractivity contribution in [3.8, 4) is 0 Å². The van der Waals surface area contributed by atoms with Crippen LogP contribution in [-0.2, 0) is 12.8 Å². The number of fused-ring (bicyclic) bond motifs is 4. The van der Waals surface area contributed by atoms with E-state index in [1.807, 2.05) is 12.1 Å². The Balaban J connectivity index is 0.929. The first-order valence-electron chi connectivity index (χ1n) is 16.0. The largest absolute Gasteiger partial charge is 0.252 e. The minimum Gasteiger partial charge on any atom is -0.252 e. The molecule has 4 aliphatic rings. The molecule has 0 saturated heterocycles. The van der Waals surface area contributed by atoms with Crippen molar-refractivity contribution in [1.29, 1.82) is 0 Å². The Hall–Kier alpha value is -5.60. The summed E-state index contributed by atoms with van der Waals surface area (Å²) in [6.07, 6.45) is 12.4. The zero-order valence-corrected chi connectivity index (χ0v) is 25.7. The molecule has 9 rings (SSSR count). The van der Waals surface area contributed by atoms with Crippen molar-refractivity contribution in [1.82, 2.24) is 0 Å². The van der Waals surface area contributed by atoms with Crippen LogP contribution in [0.3, 0.4) is 0 Å². The molecule has 2 heterocycles. The Morgan fingerprint density at radius 3 is 1.30 bits per heavy atom. The molecule has 0 spiro atoms. The van der Waals surface area contributed by atoms with Crippen molar-refractivity contribution >= 4 is 55.5 Å². The van der Waals surface area contributed by atoms with Crippen LogP contribution in [0.2, 0.25) is 0 Å². The van der Waals surface area contributed by atoms with Gasteiger partial charge in [0.25, 0.3) is 0 Å². The van der Waals surface area contributed by atoms with Crippen molar-refractivity contribution in [3.05, 3.63) is 179 Å². The Morgan fingerprint density at radius 2 is 0.870 bits per heavy atom. The minimum absolute atomic E-state index is 0.869. The smallest absolute Gasteiger partial charge is 0.0675 e. The van der Waals surface area contributed by atoms with Gasteiger partial charge in [-0.1, -0.05) is 98.1 Å². The highest BCUT2D eigenvalue weighted by Crippen LogP contribution is 2.41. The number of hydrogen-bond acceptors (Lipinski definition) is 2. The second-order valence-corrected chi connectivity index (χ2v) is 12.8. The van der Waals surface area contributed by atoms with Crippen molar-refractivity contribution in [2.75, 3.05) is 0 Å².